The molecule has 0 unspecified atom stereocenters. The zero-order valence-electron chi connectivity index (χ0n) is 31.6. The Kier molecular flexibility index (Phi) is 17.3. The first-order chi connectivity index (χ1) is 25.9. The lowest BCUT2D eigenvalue weighted by atomic mass is 9.78. The van der Waals surface area contributed by atoms with Gasteiger partial charge >= 0.3 is 17.9 Å². The second kappa shape index (κ2) is 22.1. The molecule has 0 N–H and O–H groups in total. The van der Waals surface area contributed by atoms with Crippen LogP contribution >= 0.6 is 0 Å². The third-order valence-corrected chi connectivity index (χ3v) is 7.96. The zero-order valence-corrected chi connectivity index (χ0v) is 31.6. The van der Waals surface area contributed by atoms with Crippen molar-refractivity contribution < 1.29 is 42.8 Å². The maximum Gasteiger partial charge on any atom is 0.333 e. The molecule has 0 spiro atoms. The summed E-state index contributed by atoms with van der Waals surface area (Å²) in [6.07, 6.45) is 1.89. The van der Waals surface area contributed by atoms with Gasteiger partial charge in [-0.15, -0.1) is 0 Å². The fraction of sp³-hybridized carbons (Fsp3) is 0.267. The van der Waals surface area contributed by atoms with Gasteiger partial charge in [-0.2, -0.15) is 0 Å². The molecule has 4 aromatic carbocycles. The fourth-order valence-corrected chi connectivity index (χ4v) is 4.83. The van der Waals surface area contributed by atoms with Gasteiger partial charge in [-0.25, -0.2) is 14.4 Å². The molecule has 0 aliphatic heterocycles. The highest BCUT2D eigenvalue weighted by Crippen LogP contribution is 2.32. The molecule has 0 fully saturated rings. The van der Waals surface area contributed by atoms with E-state index in [1.54, 1.807) is 13.8 Å². The summed E-state index contributed by atoms with van der Waals surface area (Å²) in [5.74, 6) is 0.918. The highest BCUT2D eigenvalue weighted by molar-refractivity contribution is 5.87. The van der Waals surface area contributed by atoms with Crippen molar-refractivity contribution in [3.05, 3.63) is 162 Å². The second-order valence-corrected chi connectivity index (χ2v) is 12.7. The quantitative estimate of drug-likeness (QED) is 0.0406. The molecule has 284 valence electrons. The molecule has 0 radical (unpaired) electrons. The molecule has 0 bridgehead atoms. The Bertz CT molecular complexity index is 1810. The highest BCUT2D eigenvalue weighted by atomic mass is 16.6. The number of hydrogen-bond acceptors (Lipinski definition) is 9. The lowest BCUT2D eigenvalue weighted by molar-refractivity contribution is -0.140. The lowest BCUT2D eigenvalue weighted by Gasteiger charge is -2.26. The maximum atomic E-state index is 11.3. The van der Waals surface area contributed by atoms with Gasteiger partial charge in [-0.3, -0.25) is 0 Å². The van der Waals surface area contributed by atoms with E-state index in [1.165, 1.54) is 11.1 Å². The Morgan fingerprint density at radius 2 is 0.907 bits per heavy atom. The van der Waals surface area contributed by atoms with Crippen molar-refractivity contribution in [1.29, 1.82) is 0 Å². The van der Waals surface area contributed by atoms with E-state index in [0.717, 1.165) is 29.4 Å². The number of rotatable bonds is 19. The van der Waals surface area contributed by atoms with Crippen LogP contribution in [0, 0.1) is 0 Å². The third kappa shape index (κ3) is 14.9. The summed E-state index contributed by atoms with van der Waals surface area (Å²) in [4.78, 5) is 33.5. The Morgan fingerprint density at radius 1 is 0.537 bits per heavy atom. The SMILES string of the molecule is C=C(C)C(=O)OCCOc1ccc(C(C)(C)c2ccccc2)cc1.C=CC(=O)OCCOc1ccc(Cc2ccc(OCCOC(=O)C(=C)C)cc2)cc1. The number of hydrogen-bond donors (Lipinski definition) is 0. The van der Waals surface area contributed by atoms with E-state index in [4.69, 9.17) is 28.4 Å². The van der Waals surface area contributed by atoms with E-state index in [2.05, 4.69) is 70.0 Å². The molecule has 0 saturated heterocycles. The fourth-order valence-electron chi connectivity index (χ4n) is 4.83. The van der Waals surface area contributed by atoms with Crippen LogP contribution in [0.5, 0.6) is 17.2 Å². The van der Waals surface area contributed by atoms with Gasteiger partial charge in [-0.1, -0.05) is 100 Å². The van der Waals surface area contributed by atoms with Gasteiger partial charge in [0.15, 0.2) is 0 Å². The van der Waals surface area contributed by atoms with Crippen molar-refractivity contribution in [3.8, 4) is 17.2 Å². The number of carbonyl (C=O) groups excluding carboxylic acids is 3. The minimum atomic E-state index is -0.462. The lowest BCUT2D eigenvalue weighted by Crippen LogP contribution is -2.18. The van der Waals surface area contributed by atoms with Gasteiger partial charge in [-0.05, 0) is 78.9 Å². The van der Waals surface area contributed by atoms with Crippen molar-refractivity contribution in [3.63, 3.8) is 0 Å². The topological polar surface area (TPSA) is 107 Å². The van der Waals surface area contributed by atoms with Crippen molar-refractivity contribution in [2.45, 2.75) is 39.5 Å². The summed E-state index contributed by atoms with van der Waals surface area (Å²) in [6.45, 7) is 19.5. The minimum Gasteiger partial charge on any atom is -0.490 e. The van der Waals surface area contributed by atoms with Crippen LogP contribution in [-0.2, 0) is 40.4 Å². The average molecular weight is 735 g/mol. The van der Waals surface area contributed by atoms with Gasteiger partial charge < -0.3 is 28.4 Å². The van der Waals surface area contributed by atoms with Crippen molar-refractivity contribution in [2.75, 3.05) is 39.6 Å². The van der Waals surface area contributed by atoms with Crippen LogP contribution in [0.15, 0.2) is 140 Å². The predicted octanol–water partition coefficient (Wildman–Crippen LogP) is 8.39. The number of benzene rings is 4. The maximum absolute atomic E-state index is 11.3. The molecule has 0 aromatic heterocycles. The smallest absolute Gasteiger partial charge is 0.333 e. The predicted molar refractivity (Wildman–Crippen MR) is 210 cm³/mol. The molecular weight excluding hydrogens is 684 g/mol. The number of ether oxygens (including phenoxy) is 6. The van der Waals surface area contributed by atoms with Gasteiger partial charge in [0, 0.05) is 22.6 Å². The highest BCUT2D eigenvalue weighted by Gasteiger charge is 2.22. The molecule has 0 saturated carbocycles. The van der Waals surface area contributed by atoms with Gasteiger partial charge in [0.2, 0.25) is 0 Å². The summed E-state index contributed by atoms with van der Waals surface area (Å²) in [5.41, 5.74) is 5.45. The summed E-state index contributed by atoms with van der Waals surface area (Å²) in [6, 6.07) is 34.0. The normalized spacial score (nSPS) is 10.4. The van der Waals surface area contributed by atoms with Gasteiger partial charge in [0.25, 0.3) is 0 Å². The third-order valence-electron chi connectivity index (χ3n) is 7.96. The van der Waals surface area contributed by atoms with E-state index >= 15 is 0 Å². The minimum absolute atomic E-state index is 0.0726. The molecule has 0 heterocycles. The van der Waals surface area contributed by atoms with Crippen LogP contribution in [0.25, 0.3) is 0 Å². The molecule has 4 rings (SSSR count). The van der Waals surface area contributed by atoms with Crippen LogP contribution in [0.3, 0.4) is 0 Å². The Balaban J connectivity index is 0.000000297. The van der Waals surface area contributed by atoms with Crippen molar-refractivity contribution in [1.82, 2.24) is 0 Å². The first-order valence-electron chi connectivity index (χ1n) is 17.6. The molecule has 9 heteroatoms. The molecule has 0 atom stereocenters. The Morgan fingerprint density at radius 3 is 1.30 bits per heavy atom. The number of esters is 3. The molecule has 4 aromatic rings. The van der Waals surface area contributed by atoms with Crippen LogP contribution in [0.4, 0.5) is 0 Å². The monoisotopic (exact) mass is 734 g/mol. The molecule has 0 amide bonds. The first-order valence-corrected chi connectivity index (χ1v) is 17.6. The molecular formula is C45H50O9. The molecule has 0 aliphatic carbocycles. The van der Waals surface area contributed by atoms with Crippen molar-refractivity contribution >= 4 is 17.9 Å². The zero-order chi connectivity index (χ0) is 39.3. The molecule has 9 nitrogen and oxygen atoms in total. The molecule has 0 aliphatic rings. The van der Waals surface area contributed by atoms with E-state index in [-0.39, 0.29) is 38.4 Å². The standard InChI is InChI=1S/C24H26O6.C21H24O3/c1-4-23(25)29-15-13-27-21-9-5-19(6-10-21)17-20-7-11-22(12-8-20)28-14-16-30-24(26)18(2)3;1-16(2)20(22)24-15-14-23-19-12-10-18(11-13-19)21(3,4)17-8-6-5-7-9-17/h4-12H,1-2,13-17H2,3H3;5-13H,1,14-15H2,2-4H3. The van der Waals surface area contributed by atoms with Crippen LogP contribution < -0.4 is 14.2 Å². The van der Waals surface area contributed by atoms with E-state index in [9.17, 15) is 14.4 Å². The molecule has 54 heavy (non-hydrogen) atoms. The van der Waals surface area contributed by atoms with Gasteiger partial charge in [0.05, 0.1) is 0 Å². The Hall–Kier alpha value is -6.09. The van der Waals surface area contributed by atoms with E-state index < -0.39 is 17.9 Å². The summed E-state index contributed by atoms with van der Waals surface area (Å²) in [7, 11) is 0. The van der Waals surface area contributed by atoms with Crippen LogP contribution in [0.2, 0.25) is 0 Å². The largest absolute Gasteiger partial charge is 0.490 e. The Labute approximate surface area is 318 Å². The average Bonchev–Trinajstić information content (AvgIpc) is 3.18. The van der Waals surface area contributed by atoms with Crippen molar-refractivity contribution in [2.24, 2.45) is 0 Å². The van der Waals surface area contributed by atoms with E-state index in [1.807, 2.05) is 66.7 Å². The summed E-state index contributed by atoms with van der Waals surface area (Å²) >= 11 is 0. The number of carbonyl (C=O) groups is 3. The second-order valence-electron chi connectivity index (χ2n) is 12.7. The summed E-state index contributed by atoms with van der Waals surface area (Å²) in [5, 5.41) is 0. The summed E-state index contributed by atoms with van der Waals surface area (Å²) < 4.78 is 31.5. The van der Waals surface area contributed by atoms with Crippen LogP contribution in [0.1, 0.15) is 49.9 Å². The van der Waals surface area contributed by atoms with Crippen LogP contribution in [-0.4, -0.2) is 57.5 Å². The van der Waals surface area contributed by atoms with Gasteiger partial charge in [0.1, 0.15) is 56.9 Å². The first kappa shape index (κ1) is 42.3. The van der Waals surface area contributed by atoms with E-state index in [0.29, 0.717) is 29.3 Å².